The average Bonchev–Trinajstić information content (AvgIpc) is 3.47. The van der Waals surface area contributed by atoms with Crippen molar-refractivity contribution in [2.24, 2.45) is 26.1 Å². The minimum Gasteiger partial charge on any atom is -0.390 e. The summed E-state index contributed by atoms with van der Waals surface area (Å²) < 4.78 is 53.6. The molecule has 0 unspecified atom stereocenters. The highest BCUT2D eigenvalue weighted by Gasteiger charge is 2.33. The van der Waals surface area contributed by atoms with Crippen molar-refractivity contribution in [3.63, 3.8) is 0 Å². The maximum Gasteiger partial charge on any atom is 0.242 e. The second-order valence-electron chi connectivity index (χ2n) is 7.07. The van der Waals surface area contributed by atoms with Gasteiger partial charge in [-0.25, -0.2) is 36.7 Å². The van der Waals surface area contributed by atoms with Crippen molar-refractivity contribution in [1.29, 1.82) is 0 Å². The Morgan fingerprint density at radius 1 is 1.15 bits per heavy atom. The maximum atomic E-state index is 13.0. The molecular weight excluding hydrogens is 472 g/mol. The molecule has 7 N–H and O–H groups in total. The largest absolute Gasteiger partial charge is 0.390 e. The van der Waals surface area contributed by atoms with Crippen molar-refractivity contribution >= 4 is 36.9 Å². The third-order valence-electron chi connectivity index (χ3n) is 4.89. The Kier molecular flexibility index (Phi) is 6.08. The number of azo groups is 1. The van der Waals surface area contributed by atoms with E-state index in [4.69, 9.17) is 10.9 Å². The number of rotatable bonds is 8. The fraction of sp³-hybridized carbons (Fsp3) is 0.222. The number of sulfonamides is 2. The van der Waals surface area contributed by atoms with Gasteiger partial charge in [0.15, 0.2) is 12.5 Å². The van der Waals surface area contributed by atoms with Crippen LogP contribution in [0.5, 0.6) is 0 Å². The zero-order valence-corrected chi connectivity index (χ0v) is 18.6. The lowest BCUT2D eigenvalue weighted by atomic mass is 9.97. The van der Waals surface area contributed by atoms with Gasteiger partial charge in [0, 0.05) is 18.7 Å². The number of benzene rings is 2. The molecule has 2 aromatic carbocycles. The summed E-state index contributed by atoms with van der Waals surface area (Å²) in [6.45, 7) is -0.670. The first-order valence-electron chi connectivity index (χ1n) is 9.56. The van der Waals surface area contributed by atoms with Crippen LogP contribution in [-0.2, 0) is 20.0 Å². The summed E-state index contributed by atoms with van der Waals surface area (Å²) in [6, 6.07) is 7.76. The molecule has 1 aliphatic rings. The van der Waals surface area contributed by atoms with Crippen LogP contribution in [-0.4, -0.2) is 63.6 Å². The lowest BCUT2D eigenvalue weighted by molar-refractivity contribution is 0.186. The van der Waals surface area contributed by atoms with E-state index in [1.165, 1.54) is 12.4 Å². The normalized spacial score (nSPS) is 15.2. The number of nitrogens with one attached hydrogen (secondary N) is 2. The molecule has 0 bridgehead atoms. The number of aliphatic hydroxyl groups excluding tert-OH is 1. The minimum absolute atomic E-state index is 0.0522. The van der Waals surface area contributed by atoms with Crippen LogP contribution >= 0.6 is 0 Å². The fourth-order valence-corrected chi connectivity index (χ4v) is 6.08. The van der Waals surface area contributed by atoms with Crippen molar-refractivity contribution in [1.82, 2.24) is 14.7 Å². The van der Waals surface area contributed by atoms with E-state index in [-0.39, 0.29) is 24.6 Å². The highest BCUT2D eigenvalue weighted by atomic mass is 32.2. The second-order valence-corrected chi connectivity index (χ2v) is 10.3. The van der Waals surface area contributed by atoms with Gasteiger partial charge in [0.05, 0.1) is 29.0 Å². The third kappa shape index (κ3) is 4.41. The summed E-state index contributed by atoms with van der Waals surface area (Å²) in [5.41, 5.74) is 7.22. The van der Waals surface area contributed by atoms with Crippen molar-refractivity contribution in [3.8, 4) is 11.1 Å². The van der Waals surface area contributed by atoms with Crippen molar-refractivity contribution in [3.05, 3.63) is 42.2 Å². The van der Waals surface area contributed by atoms with Gasteiger partial charge < -0.3 is 15.8 Å². The first-order valence-corrected chi connectivity index (χ1v) is 12.6. The Morgan fingerprint density at radius 3 is 2.61 bits per heavy atom. The molecule has 2 heterocycles. The van der Waals surface area contributed by atoms with E-state index in [1.54, 1.807) is 18.2 Å². The van der Waals surface area contributed by atoms with Gasteiger partial charge in [-0.05, 0) is 17.7 Å². The number of amidine groups is 1. The summed E-state index contributed by atoms with van der Waals surface area (Å²) in [7, 11) is -9.05. The number of aliphatic hydroxyl groups is 1. The molecule has 0 saturated carbocycles. The summed E-state index contributed by atoms with van der Waals surface area (Å²) in [4.78, 5) is 10.0. The molecular formula is C18H20N8O5S2. The number of aliphatic imine (C=N–C) groups is 1. The number of imidazole rings is 1. The molecule has 1 aliphatic heterocycles. The van der Waals surface area contributed by atoms with Gasteiger partial charge in [-0.15, -0.1) is 5.11 Å². The Labute approximate surface area is 188 Å². The van der Waals surface area contributed by atoms with Crippen LogP contribution in [0, 0.1) is 0 Å². The third-order valence-corrected chi connectivity index (χ3v) is 7.48. The number of aromatic amines is 1. The van der Waals surface area contributed by atoms with Gasteiger partial charge in [-0.3, -0.25) is 0 Å². The highest BCUT2D eigenvalue weighted by Crippen LogP contribution is 2.37. The number of nitrogens with two attached hydrogens (primary N) is 2. The SMILES string of the molecule is NC[C@@H](O)CNS(=O)(=O)c1ccc(-c2cccc3[nH]cnc23)c(C2=NCN=N2)c1S(N)(=O)=O. The fourth-order valence-electron chi connectivity index (χ4n) is 3.41. The summed E-state index contributed by atoms with van der Waals surface area (Å²) >= 11 is 0. The van der Waals surface area contributed by atoms with Gasteiger partial charge in [0.2, 0.25) is 20.0 Å². The average molecular weight is 493 g/mol. The highest BCUT2D eigenvalue weighted by molar-refractivity contribution is 7.92. The molecule has 33 heavy (non-hydrogen) atoms. The molecule has 15 heteroatoms. The van der Waals surface area contributed by atoms with Crippen LogP contribution in [0.15, 0.2) is 61.7 Å². The molecule has 0 spiro atoms. The molecule has 3 aromatic rings. The summed E-state index contributed by atoms with van der Waals surface area (Å²) in [5, 5.41) is 22.8. The van der Waals surface area contributed by atoms with Crippen molar-refractivity contribution in [2.45, 2.75) is 15.9 Å². The molecule has 0 fully saturated rings. The molecule has 1 aromatic heterocycles. The first-order chi connectivity index (χ1) is 15.6. The van der Waals surface area contributed by atoms with Crippen LogP contribution in [0.1, 0.15) is 5.56 Å². The number of primary sulfonamides is 1. The van der Waals surface area contributed by atoms with Crippen LogP contribution in [0.3, 0.4) is 0 Å². The lowest BCUT2D eigenvalue weighted by Crippen LogP contribution is -2.37. The van der Waals surface area contributed by atoms with Crippen LogP contribution in [0.25, 0.3) is 22.2 Å². The topological polar surface area (TPSA) is 218 Å². The van der Waals surface area contributed by atoms with Crippen LogP contribution in [0.4, 0.5) is 0 Å². The Bertz CT molecular complexity index is 1500. The van der Waals surface area contributed by atoms with E-state index < -0.39 is 42.5 Å². The lowest BCUT2D eigenvalue weighted by Gasteiger charge is -2.18. The Hall–Kier alpha value is -3.08. The predicted molar refractivity (Wildman–Crippen MR) is 119 cm³/mol. The number of aromatic nitrogens is 2. The number of H-pyrrole nitrogens is 1. The van der Waals surface area contributed by atoms with Crippen LogP contribution in [0.2, 0.25) is 0 Å². The van der Waals surface area contributed by atoms with Gasteiger partial charge in [0.25, 0.3) is 0 Å². The van der Waals surface area contributed by atoms with Crippen molar-refractivity contribution in [2.75, 3.05) is 19.8 Å². The zero-order valence-electron chi connectivity index (χ0n) is 17.0. The monoisotopic (exact) mass is 492 g/mol. The zero-order chi connectivity index (χ0) is 23.8. The summed E-state index contributed by atoms with van der Waals surface area (Å²) in [6.07, 6.45) is 0.314. The number of hydrogen-bond acceptors (Lipinski definition) is 10. The van der Waals surface area contributed by atoms with Gasteiger partial charge in [0.1, 0.15) is 9.79 Å². The Morgan fingerprint density at radius 2 is 1.94 bits per heavy atom. The minimum atomic E-state index is -4.62. The van der Waals surface area contributed by atoms with Gasteiger partial charge in [-0.1, -0.05) is 18.2 Å². The maximum absolute atomic E-state index is 13.0. The van der Waals surface area contributed by atoms with Crippen LogP contribution < -0.4 is 15.6 Å². The van der Waals surface area contributed by atoms with E-state index in [0.717, 1.165) is 6.07 Å². The molecule has 13 nitrogen and oxygen atoms in total. The number of nitrogens with zero attached hydrogens (tertiary/aromatic N) is 4. The smallest absolute Gasteiger partial charge is 0.242 e. The number of hydrogen-bond donors (Lipinski definition) is 5. The standard InChI is InChI=1S/C18H20N8O5S2/c19-6-10(27)7-25-33(30,31)14-5-4-11(12-2-1-3-13-16(12)22-8-21-13)15(17(14)32(20,28)29)18-23-9-24-26-18/h1-5,8,10,25,27H,6-7,9,19H2,(H,21,22)(H2,20,28,29)/t10-/m1/s1. The molecule has 0 radical (unpaired) electrons. The molecule has 0 aliphatic carbocycles. The van der Waals surface area contributed by atoms with E-state index in [1.807, 2.05) is 0 Å². The Balaban J connectivity index is 2.04. The van der Waals surface area contributed by atoms with E-state index in [9.17, 15) is 21.9 Å². The van der Waals surface area contributed by atoms with Gasteiger partial charge in [-0.2, -0.15) is 5.11 Å². The second kappa shape index (κ2) is 8.69. The molecule has 174 valence electrons. The first kappa shape index (κ1) is 23.1. The quantitative estimate of drug-likeness (QED) is 0.281. The van der Waals surface area contributed by atoms with E-state index in [2.05, 4.69) is 29.9 Å². The van der Waals surface area contributed by atoms with E-state index >= 15 is 0 Å². The van der Waals surface area contributed by atoms with E-state index in [0.29, 0.717) is 22.2 Å². The summed E-state index contributed by atoms with van der Waals surface area (Å²) in [5.74, 6) is -0.0828. The molecule has 0 saturated heterocycles. The predicted octanol–water partition coefficient (Wildman–Crippen LogP) is -0.355. The number of para-hydroxylation sites is 1. The molecule has 1 atom stereocenters. The van der Waals surface area contributed by atoms with Gasteiger partial charge >= 0.3 is 0 Å². The number of fused-ring (bicyclic) bond motifs is 1. The van der Waals surface area contributed by atoms with Crippen molar-refractivity contribution < 1.29 is 21.9 Å². The molecule has 0 amide bonds. The molecule has 4 rings (SSSR count).